The van der Waals surface area contributed by atoms with Crippen LogP contribution in [0.2, 0.25) is 0 Å². The van der Waals surface area contributed by atoms with E-state index in [0.29, 0.717) is 0 Å². The van der Waals surface area contributed by atoms with Crippen molar-refractivity contribution >= 4 is 10.8 Å². The zero-order valence-electron chi connectivity index (χ0n) is 9.47. The van der Waals surface area contributed by atoms with E-state index in [0.717, 1.165) is 5.56 Å². The van der Waals surface area contributed by atoms with Gasteiger partial charge in [0.1, 0.15) is 5.82 Å². The average Bonchev–Trinajstić information content (AvgIpc) is 2.39. The number of benzene rings is 2. The molecule has 3 heteroatoms. The summed E-state index contributed by atoms with van der Waals surface area (Å²) in [7, 11) is -1.37. The Hall–Kier alpha value is -1.48. The molecule has 17 heavy (non-hydrogen) atoms. The second-order valence-electron chi connectivity index (χ2n) is 3.78. The molecule has 0 saturated heterocycles. The van der Waals surface area contributed by atoms with Crippen LogP contribution in [0, 0.1) is 5.82 Å². The fraction of sp³-hybridized carbons (Fsp3) is 0.143. The second kappa shape index (κ2) is 5.23. The summed E-state index contributed by atoms with van der Waals surface area (Å²) in [5.74, 6) is -0.409. The van der Waals surface area contributed by atoms with E-state index in [-0.39, 0.29) is 10.1 Å². The van der Waals surface area contributed by atoms with Gasteiger partial charge in [-0.1, -0.05) is 42.5 Å². The minimum Gasteiger partial charge on any atom is -0.254 e. The van der Waals surface area contributed by atoms with Gasteiger partial charge in [-0.25, -0.2) is 4.39 Å². The molecule has 0 aliphatic carbocycles. The Bertz CT molecular complexity index is 525. The zero-order chi connectivity index (χ0) is 12.3. The Kier molecular flexibility index (Phi) is 3.69. The Morgan fingerprint density at radius 1 is 1.00 bits per heavy atom. The van der Waals surface area contributed by atoms with Gasteiger partial charge in [0.25, 0.3) is 0 Å². The molecule has 0 N–H and O–H groups in total. The lowest BCUT2D eigenvalue weighted by Gasteiger charge is -2.12. The average molecular weight is 248 g/mol. The molecule has 0 amide bonds. The summed E-state index contributed by atoms with van der Waals surface area (Å²) in [4.78, 5) is 0.267. The van der Waals surface area contributed by atoms with E-state index >= 15 is 0 Å². The standard InChI is InChI=1S/C14H13FOS/c1-11(12-7-3-2-4-8-12)17(16)14-10-6-5-9-13(14)15/h2-11H,1H3. The molecule has 0 fully saturated rings. The van der Waals surface area contributed by atoms with Crippen LogP contribution in [0.25, 0.3) is 0 Å². The summed E-state index contributed by atoms with van der Waals surface area (Å²) in [6.45, 7) is 1.85. The third-order valence-electron chi connectivity index (χ3n) is 2.64. The molecule has 2 aromatic rings. The van der Waals surface area contributed by atoms with Crippen molar-refractivity contribution in [1.29, 1.82) is 0 Å². The molecule has 2 rings (SSSR count). The van der Waals surface area contributed by atoms with Crippen molar-refractivity contribution < 1.29 is 8.60 Å². The molecule has 0 aliphatic rings. The molecule has 1 nitrogen and oxygen atoms in total. The summed E-state index contributed by atoms with van der Waals surface area (Å²) in [5.41, 5.74) is 0.953. The van der Waals surface area contributed by atoms with Gasteiger partial charge in [-0.15, -0.1) is 0 Å². The monoisotopic (exact) mass is 248 g/mol. The highest BCUT2D eigenvalue weighted by Crippen LogP contribution is 2.25. The van der Waals surface area contributed by atoms with Crippen LogP contribution < -0.4 is 0 Å². The summed E-state index contributed by atoms with van der Waals surface area (Å²) >= 11 is 0. The molecule has 0 aliphatic heterocycles. The molecule has 88 valence electrons. The first-order chi connectivity index (χ1) is 8.20. The minimum atomic E-state index is -1.37. The van der Waals surface area contributed by atoms with E-state index in [1.807, 2.05) is 37.3 Å². The highest BCUT2D eigenvalue weighted by molar-refractivity contribution is 7.85. The first kappa shape index (κ1) is 12.0. The first-order valence-corrected chi connectivity index (χ1v) is 6.61. The van der Waals surface area contributed by atoms with Gasteiger partial charge < -0.3 is 0 Å². The Morgan fingerprint density at radius 3 is 2.24 bits per heavy atom. The van der Waals surface area contributed by atoms with Crippen molar-refractivity contribution in [3.05, 3.63) is 66.0 Å². The van der Waals surface area contributed by atoms with Crippen LogP contribution in [0.15, 0.2) is 59.5 Å². The van der Waals surface area contributed by atoms with Gasteiger partial charge in [0.15, 0.2) is 0 Å². The normalized spacial score (nSPS) is 14.2. The van der Waals surface area contributed by atoms with Crippen LogP contribution in [-0.2, 0) is 10.8 Å². The molecule has 2 unspecified atom stereocenters. The molecule has 0 radical (unpaired) electrons. The molecule has 0 aromatic heterocycles. The van der Waals surface area contributed by atoms with Gasteiger partial charge >= 0.3 is 0 Å². The maximum atomic E-state index is 13.5. The van der Waals surface area contributed by atoms with Gasteiger partial charge in [-0.05, 0) is 24.6 Å². The lowest BCUT2D eigenvalue weighted by Crippen LogP contribution is -2.04. The summed E-state index contributed by atoms with van der Waals surface area (Å²) in [6.07, 6.45) is 0. The molecule has 0 bridgehead atoms. The van der Waals surface area contributed by atoms with E-state index in [2.05, 4.69) is 0 Å². The van der Waals surface area contributed by atoms with Crippen LogP contribution >= 0.6 is 0 Å². The highest BCUT2D eigenvalue weighted by atomic mass is 32.2. The maximum absolute atomic E-state index is 13.5. The van der Waals surface area contributed by atoms with Gasteiger partial charge in [0.2, 0.25) is 0 Å². The third-order valence-corrected chi connectivity index (χ3v) is 4.32. The lowest BCUT2D eigenvalue weighted by atomic mass is 10.2. The highest BCUT2D eigenvalue weighted by Gasteiger charge is 2.17. The molecule has 2 aromatic carbocycles. The van der Waals surface area contributed by atoms with Crippen molar-refractivity contribution in [3.63, 3.8) is 0 Å². The number of rotatable bonds is 3. The Balaban J connectivity index is 2.30. The van der Waals surface area contributed by atoms with E-state index in [1.54, 1.807) is 18.2 Å². The van der Waals surface area contributed by atoms with Crippen molar-refractivity contribution in [2.24, 2.45) is 0 Å². The fourth-order valence-corrected chi connectivity index (χ4v) is 2.90. The largest absolute Gasteiger partial charge is 0.254 e. The van der Waals surface area contributed by atoms with Gasteiger partial charge in [0.05, 0.1) is 20.9 Å². The number of halogens is 1. The number of hydrogen-bond donors (Lipinski definition) is 0. The molecular formula is C14H13FOS. The van der Waals surface area contributed by atoms with Crippen molar-refractivity contribution in [2.45, 2.75) is 17.1 Å². The second-order valence-corrected chi connectivity index (χ2v) is 5.52. The molecule has 0 heterocycles. The minimum absolute atomic E-state index is 0.215. The van der Waals surface area contributed by atoms with Gasteiger partial charge in [-0.2, -0.15) is 0 Å². The summed E-state index contributed by atoms with van der Waals surface area (Å²) < 4.78 is 25.8. The smallest absolute Gasteiger partial charge is 0.139 e. The zero-order valence-corrected chi connectivity index (χ0v) is 10.3. The summed E-state index contributed by atoms with van der Waals surface area (Å²) in [6, 6.07) is 15.7. The van der Waals surface area contributed by atoms with E-state index in [1.165, 1.54) is 6.07 Å². The fourth-order valence-electron chi connectivity index (χ4n) is 1.65. The van der Waals surface area contributed by atoms with Gasteiger partial charge in [0, 0.05) is 0 Å². The molecule has 0 spiro atoms. The predicted octanol–water partition coefficient (Wildman–Crippen LogP) is 3.69. The van der Waals surface area contributed by atoms with E-state index in [4.69, 9.17) is 0 Å². The summed E-state index contributed by atoms with van der Waals surface area (Å²) in [5, 5.41) is -0.215. The Morgan fingerprint density at radius 2 is 1.59 bits per heavy atom. The van der Waals surface area contributed by atoms with E-state index in [9.17, 15) is 8.60 Å². The first-order valence-electron chi connectivity index (χ1n) is 5.40. The molecular weight excluding hydrogens is 235 g/mol. The van der Waals surface area contributed by atoms with Crippen molar-refractivity contribution in [2.75, 3.05) is 0 Å². The SMILES string of the molecule is CC(c1ccccc1)S(=O)c1ccccc1F. The maximum Gasteiger partial charge on any atom is 0.139 e. The van der Waals surface area contributed by atoms with Crippen LogP contribution in [0.1, 0.15) is 17.7 Å². The quantitative estimate of drug-likeness (QED) is 0.809. The van der Waals surface area contributed by atoms with Crippen molar-refractivity contribution in [1.82, 2.24) is 0 Å². The topological polar surface area (TPSA) is 17.1 Å². The predicted molar refractivity (Wildman–Crippen MR) is 67.7 cm³/mol. The number of hydrogen-bond acceptors (Lipinski definition) is 1. The molecule has 2 atom stereocenters. The van der Waals surface area contributed by atoms with Crippen LogP contribution in [-0.4, -0.2) is 4.21 Å². The lowest BCUT2D eigenvalue weighted by molar-refractivity contribution is 0.594. The van der Waals surface area contributed by atoms with E-state index < -0.39 is 16.6 Å². The van der Waals surface area contributed by atoms with Crippen LogP contribution in [0.3, 0.4) is 0 Å². The Labute approximate surface area is 103 Å². The van der Waals surface area contributed by atoms with Crippen LogP contribution in [0.4, 0.5) is 4.39 Å². The molecule has 0 saturated carbocycles. The van der Waals surface area contributed by atoms with Crippen molar-refractivity contribution in [3.8, 4) is 0 Å². The third kappa shape index (κ3) is 2.61. The van der Waals surface area contributed by atoms with Crippen LogP contribution in [0.5, 0.6) is 0 Å². The van der Waals surface area contributed by atoms with Gasteiger partial charge in [-0.3, -0.25) is 4.21 Å².